The van der Waals surface area contributed by atoms with E-state index in [9.17, 15) is 0 Å². The summed E-state index contributed by atoms with van der Waals surface area (Å²) in [6.45, 7) is 0. The highest BCUT2D eigenvalue weighted by Crippen LogP contribution is 2.42. The van der Waals surface area contributed by atoms with Crippen LogP contribution in [-0.2, 0) is 0 Å². The molecule has 5 nitrogen and oxygen atoms in total. The molecule has 0 saturated heterocycles. The van der Waals surface area contributed by atoms with Crippen LogP contribution in [0.5, 0.6) is 0 Å². The fourth-order valence-corrected chi connectivity index (χ4v) is 8.83. The number of aromatic nitrogens is 5. The summed E-state index contributed by atoms with van der Waals surface area (Å²) >= 11 is 0. The van der Waals surface area contributed by atoms with Crippen LogP contribution in [0.15, 0.2) is 200 Å². The number of fused-ring (bicyclic) bond motifs is 12. The van der Waals surface area contributed by atoms with Gasteiger partial charge in [-0.1, -0.05) is 158 Å². The van der Waals surface area contributed by atoms with Crippen molar-refractivity contribution in [3.8, 4) is 50.7 Å². The predicted octanol–water partition coefficient (Wildman–Crippen LogP) is 13.3. The minimum absolute atomic E-state index is 0.620. The first-order valence-corrected chi connectivity index (χ1v) is 19.6. The van der Waals surface area contributed by atoms with Gasteiger partial charge in [-0.05, 0) is 64.7 Å². The third kappa shape index (κ3) is 5.00. The molecular formula is C53H33N5. The second kappa shape index (κ2) is 12.8. The Morgan fingerprint density at radius 3 is 1.41 bits per heavy atom. The maximum Gasteiger partial charge on any atom is 0.235 e. The fraction of sp³-hybridized carbons (Fsp3) is 0. The van der Waals surface area contributed by atoms with E-state index in [1.807, 2.05) is 12.1 Å². The van der Waals surface area contributed by atoms with Gasteiger partial charge in [0.25, 0.3) is 0 Å². The molecular weight excluding hydrogens is 707 g/mol. The van der Waals surface area contributed by atoms with E-state index in [0.717, 1.165) is 83.0 Å². The number of hydrogen-bond donors (Lipinski definition) is 0. The SMILES string of the molecule is c1ccc(-c2ccc(-c3cc(-c4ccc(-c5ccccc5)cc4)nc(-n4c5ccccc5c5c6c7ccccc7n7c8ccccc8nc7c6ccc54)n3)cc2)cc1. The van der Waals surface area contributed by atoms with Gasteiger partial charge in [-0.2, -0.15) is 0 Å². The van der Waals surface area contributed by atoms with Crippen molar-refractivity contribution < 1.29 is 0 Å². The largest absolute Gasteiger partial charge is 0.292 e. The third-order valence-corrected chi connectivity index (χ3v) is 11.5. The number of pyridine rings is 1. The lowest BCUT2D eigenvalue weighted by Gasteiger charge is -2.13. The molecule has 5 heteroatoms. The van der Waals surface area contributed by atoms with E-state index < -0.39 is 0 Å². The van der Waals surface area contributed by atoms with E-state index >= 15 is 0 Å². The molecule has 0 amide bonds. The minimum Gasteiger partial charge on any atom is -0.292 e. The Bertz CT molecular complexity index is 3430. The number of hydrogen-bond acceptors (Lipinski definition) is 3. The molecule has 0 radical (unpaired) electrons. The smallest absolute Gasteiger partial charge is 0.235 e. The molecule has 58 heavy (non-hydrogen) atoms. The number of para-hydroxylation sites is 4. The van der Waals surface area contributed by atoms with Crippen LogP contribution in [0.3, 0.4) is 0 Å². The topological polar surface area (TPSA) is 48.0 Å². The van der Waals surface area contributed by atoms with Crippen molar-refractivity contribution in [2.45, 2.75) is 0 Å². The first-order valence-electron chi connectivity index (χ1n) is 19.6. The Morgan fingerprint density at radius 2 is 0.793 bits per heavy atom. The van der Waals surface area contributed by atoms with Gasteiger partial charge in [0.15, 0.2) is 0 Å². The van der Waals surface area contributed by atoms with Crippen molar-refractivity contribution >= 4 is 60.2 Å². The van der Waals surface area contributed by atoms with Gasteiger partial charge in [0.05, 0.1) is 39.0 Å². The summed E-state index contributed by atoms with van der Waals surface area (Å²) in [6, 6.07) is 70.7. The molecule has 12 rings (SSSR count). The molecule has 0 saturated carbocycles. The van der Waals surface area contributed by atoms with Gasteiger partial charge < -0.3 is 0 Å². The Labute approximate surface area is 333 Å². The second-order valence-electron chi connectivity index (χ2n) is 14.8. The van der Waals surface area contributed by atoms with Crippen LogP contribution in [0.1, 0.15) is 0 Å². The van der Waals surface area contributed by atoms with Crippen LogP contribution < -0.4 is 0 Å². The summed E-state index contributed by atoms with van der Waals surface area (Å²) in [4.78, 5) is 16.0. The molecule has 12 aromatic rings. The van der Waals surface area contributed by atoms with Crippen molar-refractivity contribution in [1.29, 1.82) is 0 Å². The molecule has 270 valence electrons. The molecule has 4 heterocycles. The molecule has 8 aromatic carbocycles. The summed E-state index contributed by atoms with van der Waals surface area (Å²) in [5.41, 5.74) is 14.7. The Kier molecular flexibility index (Phi) is 7.16. The summed E-state index contributed by atoms with van der Waals surface area (Å²) in [5.74, 6) is 0.620. The summed E-state index contributed by atoms with van der Waals surface area (Å²) in [7, 11) is 0. The first-order chi connectivity index (χ1) is 28.8. The fourth-order valence-electron chi connectivity index (χ4n) is 8.83. The highest BCUT2D eigenvalue weighted by atomic mass is 15.2. The third-order valence-electron chi connectivity index (χ3n) is 11.5. The van der Waals surface area contributed by atoms with Gasteiger partial charge in [0.2, 0.25) is 5.95 Å². The standard InChI is InChI=1S/C53H33N5/c1-3-13-34(14-4-1)36-23-27-38(28-24-36)44-33-45(39-29-25-37(26-30-39)35-15-5-2-6-16-35)56-53(55-44)58-47-21-11-8-18-41(47)51-49(58)32-31-42-50(51)40-17-7-10-20-46(40)57-48-22-12-9-19-43(48)54-52(42)57/h1-33H. The molecule has 0 fully saturated rings. The average molecular weight is 740 g/mol. The van der Waals surface area contributed by atoms with Crippen molar-refractivity contribution in [3.05, 3.63) is 200 Å². The van der Waals surface area contributed by atoms with Crippen LogP contribution in [-0.4, -0.2) is 23.9 Å². The summed E-state index contributed by atoms with van der Waals surface area (Å²) in [6.07, 6.45) is 0. The molecule has 0 N–H and O–H groups in total. The van der Waals surface area contributed by atoms with Crippen LogP contribution in [0.25, 0.3) is 111 Å². The van der Waals surface area contributed by atoms with Crippen molar-refractivity contribution in [3.63, 3.8) is 0 Å². The van der Waals surface area contributed by atoms with Gasteiger partial charge in [-0.25, -0.2) is 15.0 Å². The summed E-state index contributed by atoms with van der Waals surface area (Å²) < 4.78 is 4.55. The van der Waals surface area contributed by atoms with Crippen molar-refractivity contribution in [2.24, 2.45) is 0 Å². The highest BCUT2D eigenvalue weighted by Gasteiger charge is 2.22. The minimum atomic E-state index is 0.620. The van der Waals surface area contributed by atoms with E-state index in [1.165, 1.54) is 21.9 Å². The second-order valence-corrected chi connectivity index (χ2v) is 14.8. The van der Waals surface area contributed by atoms with E-state index in [1.54, 1.807) is 0 Å². The molecule has 0 aliphatic heterocycles. The molecule has 0 aliphatic carbocycles. The lowest BCUT2D eigenvalue weighted by Crippen LogP contribution is -2.04. The molecule has 4 aromatic heterocycles. The first kappa shape index (κ1) is 32.4. The van der Waals surface area contributed by atoms with Gasteiger partial charge in [-0.15, -0.1) is 0 Å². The van der Waals surface area contributed by atoms with Gasteiger partial charge in [0, 0.05) is 38.1 Å². The van der Waals surface area contributed by atoms with E-state index in [2.05, 4.69) is 197 Å². The van der Waals surface area contributed by atoms with Crippen LogP contribution >= 0.6 is 0 Å². The number of rotatable bonds is 5. The van der Waals surface area contributed by atoms with Crippen LogP contribution in [0.2, 0.25) is 0 Å². The van der Waals surface area contributed by atoms with Crippen LogP contribution in [0, 0.1) is 0 Å². The predicted molar refractivity (Wildman–Crippen MR) is 239 cm³/mol. The normalized spacial score (nSPS) is 11.8. The van der Waals surface area contributed by atoms with Crippen molar-refractivity contribution in [2.75, 3.05) is 0 Å². The molecule has 0 atom stereocenters. The van der Waals surface area contributed by atoms with Crippen LogP contribution in [0.4, 0.5) is 0 Å². The quantitative estimate of drug-likeness (QED) is 0.165. The van der Waals surface area contributed by atoms with E-state index in [0.29, 0.717) is 5.95 Å². The van der Waals surface area contributed by atoms with Crippen molar-refractivity contribution in [1.82, 2.24) is 23.9 Å². The zero-order valence-electron chi connectivity index (χ0n) is 31.3. The van der Waals surface area contributed by atoms with E-state index in [-0.39, 0.29) is 0 Å². The van der Waals surface area contributed by atoms with Gasteiger partial charge in [0.1, 0.15) is 5.65 Å². The molecule has 0 spiro atoms. The highest BCUT2D eigenvalue weighted by molar-refractivity contribution is 6.30. The van der Waals surface area contributed by atoms with E-state index in [4.69, 9.17) is 15.0 Å². The molecule has 0 aliphatic rings. The lowest BCUT2D eigenvalue weighted by atomic mass is 10.00. The number of imidazole rings is 1. The molecule has 0 unspecified atom stereocenters. The average Bonchev–Trinajstić information content (AvgIpc) is 3.86. The monoisotopic (exact) mass is 739 g/mol. The Hall–Kier alpha value is -7.89. The molecule has 0 bridgehead atoms. The summed E-state index contributed by atoms with van der Waals surface area (Å²) in [5, 5.41) is 5.76. The van der Waals surface area contributed by atoms with Gasteiger partial charge in [-0.3, -0.25) is 8.97 Å². The van der Waals surface area contributed by atoms with Gasteiger partial charge >= 0.3 is 0 Å². The maximum atomic E-state index is 5.40. The Balaban J connectivity index is 1.12. The zero-order chi connectivity index (χ0) is 38.2. The zero-order valence-corrected chi connectivity index (χ0v) is 31.3. The number of benzene rings is 8. The maximum absolute atomic E-state index is 5.40. The lowest BCUT2D eigenvalue weighted by molar-refractivity contribution is 0.996. The Morgan fingerprint density at radius 1 is 0.310 bits per heavy atom. The number of nitrogens with zero attached hydrogens (tertiary/aromatic N) is 5.